The number of nitrogens with zero attached hydrogens (tertiary/aromatic N) is 3. The van der Waals surface area contributed by atoms with Crippen LogP contribution in [0.25, 0.3) is 5.69 Å². The van der Waals surface area contributed by atoms with Gasteiger partial charge in [0.05, 0.1) is 24.0 Å². The van der Waals surface area contributed by atoms with Crippen molar-refractivity contribution in [1.29, 1.82) is 0 Å². The summed E-state index contributed by atoms with van der Waals surface area (Å²) in [5.41, 5.74) is 3.59. The predicted octanol–water partition coefficient (Wildman–Crippen LogP) is 2.47. The van der Waals surface area contributed by atoms with E-state index in [2.05, 4.69) is 15.3 Å². The van der Waals surface area contributed by atoms with Gasteiger partial charge in [0.2, 0.25) is 0 Å². The Bertz CT molecular complexity index is 937. The Kier molecular flexibility index (Phi) is 5.61. The summed E-state index contributed by atoms with van der Waals surface area (Å²) >= 11 is 0. The van der Waals surface area contributed by atoms with Gasteiger partial charge in [-0.25, -0.2) is 4.79 Å². The number of carbonyl (C=O) groups is 2. The van der Waals surface area contributed by atoms with Gasteiger partial charge in [-0.3, -0.25) is 14.8 Å². The van der Waals surface area contributed by atoms with E-state index in [1.165, 1.54) is 0 Å². The van der Waals surface area contributed by atoms with Crippen molar-refractivity contribution in [2.75, 3.05) is 13.2 Å². The summed E-state index contributed by atoms with van der Waals surface area (Å²) in [5.74, 6) is -0.653. The lowest BCUT2D eigenvalue weighted by Gasteiger charge is -2.09. The van der Waals surface area contributed by atoms with E-state index in [-0.39, 0.29) is 19.1 Å². The third-order valence-corrected chi connectivity index (χ3v) is 4.12. The molecule has 0 aliphatic carbocycles. The first-order valence-corrected chi connectivity index (χ1v) is 8.52. The van der Waals surface area contributed by atoms with Gasteiger partial charge in [-0.2, -0.15) is 0 Å². The second kappa shape index (κ2) is 8.27. The Labute approximate surface area is 157 Å². The molecule has 3 aromatic rings. The topological polar surface area (TPSA) is 86.1 Å². The zero-order chi connectivity index (χ0) is 19.2. The van der Waals surface area contributed by atoms with Crippen molar-refractivity contribution in [3.05, 3.63) is 77.6 Å². The third kappa shape index (κ3) is 4.20. The van der Waals surface area contributed by atoms with Crippen LogP contribution >= 0.6 is 0 Å². The van der Waals surface area contributed by atoms with Crippen molar-refractivity contribution in [3.8, 4) is 5.69 Å². The number of aromatic nitrogens is 3. The molecule has 0 aromatic carbocycles. The molecule has 0 radical (unpaired) electrons. The molecule has 0 atom stereocenters. The molecule has 3 aromatic heterocycles. The largest absolute Gasteiger partial charge is 0.460 e. The minimum absolute atomic E-state index is 0.0895. The van der Waals surface area contributed by atoms with Gasteiger partial charge in [-0.05, 0) is 44.2 Å². The molecule has 0 aliphatic heterocycles. The van der Waals surface area contributed by atoms with Crippen molar-refractivity contribution < 1.29 is 14.3 Å². The zero-order valence-corrected chi connectivity index (χ0v) is 15.2. The second-order valence-electron chi connectivity index (χ2n) is 5.96. The predicted molar refractivity (Wildman–Crippen MR) is 99.9 cm³/mol. The van der Waals surface area contributed by atoms with Crippen LogP contribution in [-0.4, -0.2) is 39.6 Å². The molecule has 0 spiro atoms. The van der Waals surface area contributed by atoms with Gasteiger partial charge in [-0.1, -0.05) is 0 Å². The number of amides is 1. The number of hydrogen-bond acceptors (Lipinski definition) is 5. The van der Waals surface area contributed by atoms with Crippen molar-refractivity contribution in [2.45, 2.75) is 13.8 Å². The fraction of sp³-hybridized carbons (Fsp3) is 0.200. The molecular formula is C20H20N4O3. The summed E-state index contributed by atoms with van der Waals surface area (Å²) in [5, 5.41) is 2.71. The lowest BCUT2D eigenvalue weighted by atomic mass is 10.2. The highest BCUT2D eigenvalue weighted by molar-refractivity contribution is 5.94. The maximum atomic E-state index is 12.4. The molecule has 0 bridgehead atoms. The number of rotatable bonds is 6. The summed E-state index contributed by atoms with van der Waals surface area (Å²) in [4.78, 5) is 32.3. The number of pyridine rings is 2. The number of aryl methyl sites for hydroxylation is 1. The summed E-state index contributed by atoms with van der Waals surface area (Å²) < 4.78 is 7.26. The van der Waals surface area contributed by atoms with Gasteiger partial charge < -0.3 is 14.6 Å². The van der Waals surface area contributed by atoms with Gasteiger partial charge >= 0.3 is 5.97 Å². The lowest BCUT2D eigenvalue weighted by molar-refractivity contribution is 0.0502. The number of nitrogens with one attached hydrogen (secondary N) is 1. The maximum absolute atomic E-state index is 12.4. The first-order chi connectivity index (χ1) is 13.1. The zero-order valence-electron chi connectivity index (χ0n) is 15.2. The Morgan fingerprint density at radius 3 is 2.59 bits per heavy atom. The molecule has 7 nitrogen and oxygen atoms in total. The third-order valence-electron chi connectivity index (χ3n) is 4.12. The Morgan fingerprint density at radius 2 is 1.89 bits per heavy atom. The van der Waals surface area contributed by atoms with Crippen LogP contribution in [0.1, 0.15) is 32.1 Å². The molecule has 0 aliphatic rings. The van der Waals surface area contributed by atoms with Crippen LogP contribution in [0.2, 0.25) is 0 Å². The summed E-state index contributed by atoms with van der Waals surface area (Å²) in [6, 6.07) is 8.80. The lowest BCUT2D eigenvalue weighted by Crippen LogP contribution is -2.28. The Balaban J connectivity index is 1.58. The molecule has 0 unspecified atom stereocenters. The number of ether oxygens (including phenoxy) is 1. The monoisotopic (exact) mass is 364 g/mol. The van der Waals surface area contributed by atoms with Crippen LogP contribution in [-0.2, 0) is 4.74 Å². The molecular weight excluding hydrogens is 344 g/mol. The van der Waals surface area contributed by atoms with Crippen molar-refractivity contribution in [1.82, 2.24) is 19.9 Å². The summed E-state index contributed by atoms with van der Waals surface area (Å²) in [7, 11) is 0. The fourth-order valence-electron chi connectivity index (χ4n) is 2.84. The van der Waals surface area contributed by atoms with Crippen molar-refractivity contribution in [2.24, 2.45) is 0 Å². The first-order valence-electron chi connectivity index (χ1n) is 8.52. The van der Waals surface area contributed by atoms with Crippen LogP contribution in [0.15, 0.2) is 55.1 Å². The molecule has 7 heteroatoms. The normalized spacial score (nSPS) is 10.4. The van der Waals surface area contributed by atoms with E-state index in [0.717, 1.165) is 17.1 Å². The quantitative estimate of drug-likeness (QED) is 0.536. The van der Waals surface area contributed by atoms with Gasteiger partial charge in [-0.15, -0.1) is 0 Å². The highest BCUT2D eigenvalue weighted by Crippen LogP contribution is 2.20. The van der Waals surface area contributed by atoms with Crippen LogP contribution in [0.4, 0.5) is 0 Å². The van der Waals surface area contributed by atoms with Crippen molar-refractivity contribution >= 4 is 11.9 Å². The Morgan fingerprint density at radius 1 is 1.11 bits per heavy atom. The average Bonchev–Trinajstić information content (AvgIpc) is 3.00. The first kappa shape index (κ1) is 18.3. The van der Waals surface area contributed by atoms with Gasteiger partial charge in [0.1, 0.15) is 6.61 Å². The highest BCUT2D eigenvalue weighted by atomic mass is 16.5. The minimum atomic E-state index is -0.420. The highest BCUT2D eigenvalue weighted by Gasteiger charge is 2.18. The molecule has 0 saturated heterocycles. The minimum Gasteiger partial charge on any atom is -0.460 e. The van der Waals surface area contributed by atoms with E-state index in [0.29, 0.717) is 11.1 Å². The summed E-state index contributed by atoms with van der Waals surface area (Å²) in [6.45, 7) is 4.11. The average molecular weight is 364 g/mol. The van der Waals surface area contributed by atoms with E-state index >= 15 is 0 Å². The van der Waals surface area contributed by atoms with Crippen LogP contribution in [0.5, 0.6) is 0 Å². The van der Waals surface area contributed by atoms with Crippen molar-refractivity contribution in [3.63, 3.8) is 0 Å². The van der Waals surface area contributed by atoms with E-state index in [9.17, 15) is 9.59 Å². The van der Waals surface area contributed by atoms with E-state index in [1.54, 1.807) is 43.0 Å². The van der Waals surface area contributed by atoms with Gasteiger partial charge in [0.25, 0.3) is 5.91 Å². The Hall–Kier alpha value is -3.48. The van der Waals surface area contributed by atoms with Crippen LogP contribution in [0, 0.1) is 13.8 Å². The fourth-order valence-corrected chi connectivity index (χ4v) is 2.84. The van der Waals surface area contributed by atoms with Crippen LogP contribution in [0.3, 0.4) is 0 Å². The van der Waals surface area contributed by atoms with E-state index in [1.807, 2.05) is 30.5 Å². The number of esters is 1. The number of carbonyl (C=O) groups excluding carboxylic acids is 2. The molecule has 0 saturated carbocycles. The van der Waals surface area contributed by atoms with Crippen LogP contribution < -0.4 is 5.32 Å². The molecule has 27 heavy (non-hydrogen) atoms. The molecule has 0 fully saturated rings. The standard InChI is InChI=1S/C20H20N4O3/c1-14-12-18(15(2)24(14)17-4-3-7-22-13-17)20(26)27-11-10-23-19(25)16-5-8-21-9-6-16/h3-9,12-13H,10-11H2,1-2H3,(H,23,25). The number of hydrogen-bond donors (Lipinski definition) is 1. The smallest absolute Gasteiger partial charge is 0.340 e. The molecule has 138 valence electrons. The summed E-state index contributed by atoms with van der Waals surface area (Å²) in [6.07, 6.45) is 6.54. The van der Waals surface area contributed by atoms with E-state index in [4.69, 9.17) is 4.74 Å². The molecule has 3 rings (SSSR count). The SMILES string of the molecule is Cc1cc(C(=O)OCCNC(=O)c2ccncc2)c(C)n1-c1cccnc1. The van der Waals surface area contributed by atoms with Gasteiger partial charge in [0.15, 0.2) is 0 Å². The van der Waals surface area contributed by atoms with E-state index < -0.39 is 5.97 Å². The molecule has 1 amide bonds. The maximum Gasteiger partial charge on any atom is 0.340 e. The second-order valence-corrected chi connectivity index (χ2v) is 5.96. The molecule has 3 heterocycles. The van der Waals surface area contributed by atoms with Gasteiger partial charge in [0, 0.05) is 35.5 Å². The molecule has 1 N–H and O–H groups in total.